The van der Waals surface area contributed by atoms with Crippen LogP contribution in [0.2, 0.25) is 5.02 Å². The van der Waals surface area contributed by atoms with Gasteiger partial charge in [-0.1, -0.05) is 11.6 Å². The van der Waals surface area contributed by atoms with Crippen molar-refractivity contribution in [3.8, 4) is 6.07 Å². The van der Waals surface area contributed by atoms with Crippen LogP contribution in [0.15, 0.2) is 12.1 Å². The van der Waals surface area contributed by atoms with Crippen LogP contribution in [0.1, 0.15) is 5.69 Å². The van der Waals surface area contributed by atoms with Crippen LogP contribution in [0, 0.1) is 27.6 Å². The van der Waals surface area contributed by atoms with E-state index < -0.39 is 17.3 Å². The number of nitrogen functional groups attached to an aromatic ring is 1. The standard InChI is InChI=1S/C9H4ClFN4O2/c10-4-1-6-7(2-5(4)11)15(17)9(13)8(3-12)14(6)16/h1-2H,13H2. The van der Waals surface area contributed by atoms with Gasteiger partial charge in [-0.25, -0.2) is 9.12 Å². The van der Waals surface area contributed by atoms with Gasteiger partial charge in [0.2, 0.25) is 5.52 Å². The van der Waals surface area contributed by atoms with E-state index in [1.807, 2.05) is 0 Å². The molecule has 2 rings (SSSR count). The van der Waals surface area contributed by atoms with Gasteiger partial charge in [-0.3, -0.25) is 5.73 Å². The molecule has 0 radical (unpaired) electrons. The average molecular weight is 255 g/mol. The number of nitrogens with two attached hydrogens (primary N) is 1. The second-order valence-electron chi connectivity index (χ2n) is 3.19. The quantitative estimate of drug-likeness (QED) is 0.541. The molecule has 8 heteroatoms. The van der Waals surface area contributed by atoms with Crippen molar-refractivity contribution in [2.24, 2.45) is 0 Å². The molecule has 0 fully saturated rings. The van der Waals surface area contributed by atoms with E-state index in [0.717, 1.165) is 12.1 Å². The Bertz CT molecular complexity index is 683. The molecular formula is C9H4ClFN4O2. The number of rotatable bonds is 0. The topological polar surface area (TPSA) is 104 Å². The molecule has 0 spiro atoms. The van der Waals surface area contributed by atoms with Crippen molar-refractivity contribution in [3.63, 3.8) is 0 Å². The van der Waals surface area contributed by atoms with Gasteiger partial charge in [0.05, 0.1) is 5.02 Å². The van der Waals surface area contributed by atoms with E-state index in [1.54, 1.807) is 0 Å². The Kier molecular flexibility index (Phi) is 2.37. The maximum Gasteiger partial charge on any atom is 0.385 e. The fourth-order valence-electron chi connectivity index (χ4n) is 1.40. The maximum absolute atomic E-state index is 13.2. The van der Waals surface area contributed by atoms with E-state index in [2.05, 4.69) is 0 Å². The summed E-state index contributed by atoms with van der Waals surface area (Å²) in [4.78, 5) is 0. The van der Waals surface area contributed by atoms with Gasteiger partial charge < -0.3 is 10.4 Å². The third-order valence-electron chi connectivity index (χ3n) is 2.23. The lowest BCUT2D eigenvalue weighted by atomic mass is 10.2. The molecule has 0 saturated heterocycles. The highest BCUT2D eigenvalue weighted by Gasteiger charge is 2.25. The van der Waals surface area contributed by atoms with Gasteiger partial charge in [-0.05, 0) is 0 Å². The van der Waals surface area contributed by atoms with E-state index in [-0.39, 0.29) is 25.5 Å². The normalized spacial score (nSPS) is 10.4. The van der Waals surface area contributed by atoms with Crippen LogP contribution in [-0.4, -0.2) is 0 Å². The molecule has 0 aliphatic rings. The second-order valence-corrected chi connectivity index (χ2v) is 3.60. The molecule has 2 N–H and O–H groups in total. The largest absolute Gasteiger partial charge is 0.710 e. The van der Waals surface area contributed by atoms with Gasteiger partial charge in [0.1, 0.15) is 5.82 Å². The van der Waals surface area contributed by atoms with E-state index in [0.29, 0.717) is 0 Å². The molecule has 0 unspecified atom stereocenters. The van der Waals surface area contributed by atoms with Gasteiger partial charge in [-0.2, -0.15) is 5.26 Å². The minimum atomic E-state index is -0.854. The van der Waals surface area contributed by atoms with Crippen LogP contribution in [0.25, 0.3) is 11.0 Å². The second kappa shape index (κ2) is 3.61. The number of halogens is 2. The molecule has 6 nitrogen and oxygen atoms in total. The van der Waals surface area contributed by atoms with Crippen molar-refractivity contribution >= 4 is 28.5 Å². The van der Waals surface area contributed by atoms with Crippen LogP contribution in [0.5, 0.6) is 0 Å². The highest BCUT2D eigenvalue weighted by molar-refractivity contribution is 6.31. The zero-order valence-corrected chi connectivity index (χ0v) is 8.90. The third kappa shape index (κ3) is 1.46. The Hall–Kier alpha value is -2.33. The van der Waals surface area contributed by atoms with Crippen molar-refractivity contribution in [3.05, 3.63) is 39.1 Å². The van der Waals surface area contributed by atoms with Crippen molar-refractivity contribution < 1.29 is 13.9 Å². The molecule has 86 valence electrons. The third-order valence-corrected chi connectivity index (χ3v) is 2.52. The fraction of sp³-hybridized carbons (Fsp3) is 0. The highest BCUT2D eigenvalue weighted by Crippen LogP contribution is 2.19. The van der Waals surface area contributed by atoms with Crippen LogP contribution in [0.4, 0.5) is 10.2 Å². The molecule has 1 aromatic heterocycles. The molecule has 17 heavy (non-hydrogen) atoms. The average Bonchev–Trinajstić information content (AvgIpc) is 2.30. The first kappa shape index (κ1) is 11.2. The predicted molar refractivity (Wildman–Crippen MR) is 56.0 cm³/mol. The van der Waals surface area contributed by atoms with Crippen LogP contribution in [0.3, 0.4) is 0 Å². The van der Waals surface area contributed by atoms with E-state index in [1.165, 1.54) is 6.07 Å². The van der Waals surface area contributed by atoms with Crippen molar-refractivity contribution in [1.29, 1.82) is 5.26 Å². The molecule has 0 atom stereocenters. The SMILES string of the molecule is N#Cc1c(N)[n+]([O-])c2cc(F)c(Cl)cc2[n+]1[O-]. The number of benzene rings is 1. The number of nitrogens with zero attached hydrogens (tertiary/aromatic N) is 3. The van der Waals surface area contributed by atoms with Crippen molar-refractivity contribution in [2.45, 2.75) is 0 Å². The molecule has 1 heterocycles. The monoisotopic (exact) mass is 254 g/mol. The van der Waals surface area contributed by atoms with Crippen LogP contribution < -0.4 is 15.2 Å². The van der Waals surface area contributed by atoms with E-state index in [4.69, 9.17) is 22.6 Å². The first-order valence-corrected chi connectivity index (χ1v) is 4.68. The molecule has 0 saturated carbocycles. The first-order valence-electron chi connectivity index (χ1n) is 4.30. The number of aromatic nitrogens is 2. The lowest BCUT2D eigenvalue weighted by Crippen LogP contribution is -2.43. The number of nitriles is 1. The smallest absolute Gasteiger partial charge is 0.385 e. The summed E-state index contributed by atoms with van der Waals surface area (Å²) in [5.74, 6) is -1.44. The minimum Gasteiger partial charge on any atom is -0.710 e. The summed E-state index contributed by atoms with van der Waals surface area (Å²) in [5.41, 5.74) is 4.22. The van der Waals surface area contributed by atoms with Gasteiger partial charge >= 0.3 is 11.5 Å². The summed E-state index contributed by atoms with van der Waals surface area (Å²) in [6, 6.07) is 3.25. The lowest BCUT2D eigenvalue weighted by Gasteiger charge is -2.10. The first-order chi connectivity index (χ1) is 7.97. The molecule has 0 amide bonds. The van der Waals surface area contributed by atoms with E-state index >= 15 is 0 Å². The van der Waals surface area contributed by atoms with E-state index in [9.17, 15) is 14.8 Å². The molecule has 0 aliphatic heterocycles. The summed E-state index contributed by atoms with van der Waals surface area (Å²) >= 11 is 5.49. The summed E-state index contributed by atoms with van der Waals surface area (Å²) in [6.45, 7) is 0. The number of fused-ring (bicyclic) bond motifs is 1. The summed E-state index contributed by atoms with van der Waals surface area (Å²) in [7, 11) is 0. The van der Waals surface area contributed by atoms with Crippen LogP contribution >= 0.6 is 11.6 Å². The summed E-state index contributed by atoms with van der Waals surface area (Å²) < 4.78 is 13.4. The molecule has 1 aromatic carbocycles. The van der Waals surface area contributed by atoms with Gasteiger partial charge in [0.25, 0.3) is 5.52 Å². The summed E-state index contributed by atoms with van der Waals surface area (Å²) in [6.07, 6.45) is 0. The maximum atomic E-state index is 13.2. The van der Waals surface area contributed by atoms with Crippen molar-refractivity contribution in [2.75, 3.05) is 5.73 Å². The minimum absolute atomic E-state index is 0.113. The van der Waals surface area contributed by atoms with Gasteiger partial charge in [0, 0.05) is 12.1 Å². The Morgan fingerprint density at radius 3 is 2.47 bits per heavy atom. The predicted octanol–water partition coefficient (Wildman–Crippen LogP) is 0.353. The Labute approximate surface area is 99.0 Å². The van der Waals surface area contributed by atoms with Crippen LogP contribution in [-0.2, 0) is 0 Å². The Morgan fingerprint density at radius 2 is 1.88 bits per heavy atom. The molecule has 2 aromatic rings. The molecule has 0 aliphatic carbocycles. The zero-order chi connectivity index (χ0) is 12.7. The summed E-state index contributed by atoms with van der Waals surface area (Å²) in [5, 5.41) is 31.7. The molecular weight excluding hydrogens is 251 g/mol. The Morgan fingerprint density at radius 1 is 1.29 bits per heavy atom. The number of hydrogen-bond donors (Lipinski definition) is 1. The number of hydrogen-bond acceptors (Lipinski definition) is 4. The Balaban J connectivity index is 3.05. The zero-order valence-electron chi connectivity index (χ0n) is 8.15. The fourth-order valence-corrected chi connectivity index (χ4v) is 1.56. The molecule has 0 bridgehead atoms. The van der Waals surface area contributed by atoms with Crippen molar-refractivity contribution in [1.82, 2.24) is 0 Å². The highest BCUT2D eigenvalue weighted by atomic mass is 35.5. The number of anilines is 1. The lowest BCUT2D eigenvalue weighted by molar-refractivity contribution is -0.620. The van der Waals surface area contributed by atoms with Gasteiger partial charge in [-0.15, -0.1) is 4.73 Å². The van der Waals surface area contributed by atoms with Gasteiger partial charge in [0.15, 0.2) is 6.07 Å².